The minimum Gasteiger partial charge on any atom is -0.497 e. The van der Waals surface area contributed by atoms with Crippen molar-refractivity contribution in [3.05, 3.63) is 72.3 Å². The molecule has 1 aliphatic heterocycles. The highest BCUT2D eigenvalue weighted by molar-refractivity contribution is 5.68. The van der Waals surface area contributed by atoms with E-state index in [0.29, 0.717) is 19.8 Å². The van der Waals surface area contributed by atoms with E-state index in [4.69, 9.17) is 14.2 Å². The van der Waals surface area contributed by atoms with Gasteiger partial charge in [0.1, 0.15) is 5.75 Å². The SMILES string of the molecule is CCc1cc(OC)ccc1-c1ccc(C2(Cn3ccnc3)OCCCO2)cc1. The Labute approximate surface area is 165 Å². The summed E-state index contributed by atoms with van der Waals surface area (Å²) in [5, 5.41) is 0. The lowest BCUT2D eigenvalue weighted by atomic mass is 9.95. The van der Waals surface area contributed by atoms with Gasteiger partial charge in [0.15, 0.2) is 0 Å². The van der Waals surface area contributed by atoms with Gasteiger partial charge in [0.05, 0.1) is 33.2 Å². The number of aromatic nitrogens is 2. The maximum atomic E-state index is 6.16. The summed E-state index contributed by atoms with van der Waals surface area (Å²) in [6, 6.07) is 14.8. The first-order valence-corrected chi connectivity index (χ1v) is 9.75. The van der Waals surface area contributed by atoms with Crippen LogP contribution in [0.4, 0.5) is 0 Å². The molecule has 146 valence electrons. The summed E-state index contributed by atoms with van der Waals surface area (Å²) in [4.78, 5) is 4.14. The van der Waals surface area contributed by atoms with E-state index in [0.717, 1.165) is 24.2 Å². The van der Waals surface area contributed by atoms with Gasteiger partial charge < -0.3 is 18.8 Å². The van der Waals surface area contributed by atoms with Crippen LogP contribution < -0.4 is 4.74 Å². The predicted molar refractivity (Wildman–Crippen MR) is 108 cm³/mol. The molecule has 1 aliphatic rings. The fourth-order valence-corrected chi connectivity index (χ4v) is 3.72. The van der Waals surface area contributed by atoms with Crippen LogP contribution in [-0.2, 0) is 28.2 Å². The molecular formula is C23H26N2O3. The maximum absolute atomic E-state index is 6.16. The first-order valence-electron chi connectivity index (χ1n) is 9.75. The second kappa shape index (κ2) is 8.17. The van der Waals surface area contributed by atoms with Gasteiger partial charge in [0.2, 0.25) is 5.79 Å². The van der Waals surface area contributed by atoms with Crippen molar-refractivity contribution in [1.82, 2.24) is 9.55 Å². The third-order valence-corrected chi connectivity index (χ3v) is 5.24. The summed E-state index contributed by atoms with van der Waals surface area (Å²) >= 11 is 0. The second-order valence-electron chi connectivity index (χ2n) is 6.99. The zero-order chi connectivity index (χ0) is 19.4. The van der Waals surface area contributed by atoms with Crippen molar-refractivity contribution >= 4 is 0 Å². The van der Waals surface area contributed by atoms with E-state index >= 15 is 0 Å². The largest absolute Gasteiger partial charge is 0.497 e. The monoisotopic (exact) mass is 378 g/mol. The van der Waals surface area contributed by atoms with E-state index in [1.807, 2.05) is 16.8 Å². The zero-order valence-corrected chi connectivity index (χ0v) is 16.4. The van der Waals surface area contributed by atoms with Crippen LogP contribution in [0.25, 0.3) is 11.1 Å². The molecule has 0 spiro atoms. The van der Waals surface area contributed by atoms with Crippen molar-refractivity contribution in [3.8, 4) is 16.9 Å². The summed E-state index contributed by atoms with van der Waals surface area (Å²) in [6.45, 7) is 4.12. The number of nitrogens with zero attached hydrogens (tertiary/aromatic N) is 2. The van der Waals surface area contributed by atoms with E-state index in [2.05, 4.69) is 48.3 Å². The Morgan fingerprint density at radius 2 is 1.89 bits per heavy atom. The van der Waals surface area contributed by atoms with Crippen molar-refractivity contribution in [3.63, 3.8) is 0 Å². The molecule has 1 fully saturated rings. The molecule has 5 nitrogen and oxygen atoms in total. The smallest absolute Gasteiger partial charge is 0.213 e. The molecule has 0 bridgehead atoms. The number of hydrogen-bond acceptors (Lipinski definition) is 4. The Kier molecular flexibility index (Phi) is 5.46. The molecule has 0 saturated carbocycles. The molecule has 3 aromatic rings. The number of hydrogen-bond donors (Lipinski definition) is 0. The van der Waals surface area contributed by atoms with Crippen LogP contribution in [0.3, 0.4) is 0 Å². The van der Waals surface area contributed by atoms with Gasteiger partial charge in [-0.05, 0) is 41.7 Å². The van der Waals surface area contributed by atoms with Gasteiger partial charge in [-0.1, -0.05) is 37.3 Å². The normalized spacial score (nSPS) is 16.1. The summed E-state index contributed by atoms with van der Waals surface area (Å²) < 4.78 is 19.7. The van der Waals surface area contributed by atoms with Gasteiger partial charge in [-0.2, -0.15) is 0 Å². The molecule has 4 rings (SSSR count). The van der Waals surface area contributed by atoms with Gasteiger partial charge in [0.25, 0.3) is 0 Å². The molecule has 0 radical (unpaired) electrons. The average Bonchev–Trinajstić information content (AvgIpc) is 3.27. The van der Waals surface area contributed by atoms with Crippen molar-refractivity contribution in [1.29, 1.82) is 0 Å². The number of rotatable bonds is 6. The minimum atomic E-state index is -0.773. The van der Waals surface area contributed by atoms with E-state index < -0.39 is 5.79 Å². The third kappa shape index (κ3) is 3.68. The second-order valence-corrected chi connectivity index (χ2v) is 6.99. The Bertz CT molecular complexity index is 898. The maximum Gasteiger partial charge on any atom is 0.213 e. The van der Waals surface area contributed by atoms with E-state index in [1.54, 1.807) is 19.6 Å². The third-order valence-electron chi connectivity index (χ3n) is 5.24. The van der Waals surface area contributed by atoms with Crippen LogP contribution in [0.2, 0.25) is 0 Å². The van der Waals surface area contributed by atoms with Gasteiger partial charge in [-0.3, -0.25) is 0 Å². The standard InChI is InChI=1S/C23H26N2O3/c1-3-18-15-21(26-2)9-10-22(18)19-5-7-20(8-6-19)23(27-13-4-14-28-23)16-25-12-11-24-17-25/h5-12,15,17H,3-4,13-14,16H2,1-2H3. The first kappa shape index (κ1) is 18.7. The molecule has 1 saturated heterocycles. The Balaban J connectivity index is 1.66. The summed E-state index contributed by atoms with van der Waals surface area (Å²) in [5.74, 6) is 0.117. The number of benzene rings is 2. The average molecular weight is 378 g/mol. The number of imidazole rings is 1. The lowest BCUT2D eigenvalue weighted by molar-refractivity contribution is -0.283. The molecule has 0 N–H and O–H groups in total. The number of aryl methyl sites for hydroxylation is 1. The van der Waals surface area contributed by atoms with E-state index in [1.165, 1.54) is 16.7 Å². The van der Waals surface area contributed by atoms with Crippen molar-refractivity contribution in [2.24, 2.45) is 0 Å². The first-order chi connectivity index (χ1) is 13.7. The van der Waals surface area contributed by atoms with Crippen LogP contribution in [0.15, 0.2) is 61.2 Å². The van der Waals surface area contributed by atoms with Crippen LogP contribution in [-0.4, -0.2) is 29.9 Å². The number of methoxy groups -OCH3 is 1. The zero-order valence-electron chi connectivity index (χ0n) is 16.4. The topological polar surface area (TPSA) is 45.5 Å². The van der Waals surface area contributed by atoms with Gasteiger partial charge in [-0.15, -0.1) is 0 Å². The highest BCUT2D eigenvalue weighted by Gasteiger charge is 2.37. The molecule has 28 heavy (non-hydrogen) atoms. The lowest BCUT2D eigenvalue weighted by Gasteiger charge is -2.37. The van der Waals surface area contributed by atoms with Gasteiger partial charge >= 0.3 is 0 Å². The van der Waals surface area contributed by atoms with Crippen molar-refractivity contribution in [2.75, 3.05) is 20.3 Å². The van der Waals surface area contributed by atoms with Crippen LogP contribution in [0.5, 0.6) is 5.75 Å². The molecule has 2 aromatic carbocycles. The fourth-order valence-electron chi connectivity index (χ4n) is 3.72. The fraction of sp³-hybridized carbons (Fsp3) is 0.348. The van der Waals surface area contributed by atoms with Gasteiger partial charge in [-0.25, -0.2) is 4.98 Å². The number of ether oxygens (including phenoxy) is 3. The Morgan fingerprint density at radius 1 is 1.11 bits per heavy atom. The molecule has 0 amide bonds. The molecular weight excluding hydrogens is 352 g/mol. The Hall–Kier alpha value is -2.63. The molecule has 2 heterocycles. The molecule has 1 aromatic heterocycles. The van der Waals surface area contributed by atoms with E-state index in [9.17, 15) is 0 Å². The molecule has 5 heteroatoms. The predicted octanol–water partition coefficient (Wildman–Crippen LogP) is 4.41. The quantitative estimate of drug-likeness (QED) is 0.637. The molecule has 0 atom stereocenters. The van der Waals surface area contributed by atoms with E-state index in [-0.39, 0.29) is 0 Å². The molecule has 0 unspecified atom stereocenters. The van der Waals surface area contributed by atoms with Crippen molar-refractivity contribution < 1.29 is 14.2 Å². The highest BCUT2D eigenvalue weighted by Crippen LogP contribution is 2.35. The Morgan fingerprint density at radius 3 is 2.54 bits per heavy atom. The minimum absolute atomic E-state index is 0.578. The summed E-state index contributed by atoms with van der Waals surface area (Å²) in [5.41, 5.74) is 4.70. The van der Waals surface area contributed by atoms with Gasteiger partial charge in [0, 0.05) is 18.0 Å². The lowest BCUT2D eigenvalue weighted by Crippen LogP contribution is -2.41. The van der Waals surface area contributed by atoms with Crippen molar-refractivity contribution in [2.45, 2.75) is 32.1 Å². The summed E-state index contributed by atoms with van der Waals surface area (Å²) in [7, 11) is 1.70. The van der Waals surface area contributed by atoms with Crippen LogP contribution in [0, 0.1) is 0 Å². The molecule has 0 aliphatic carbocycles. The van der Waals surface area contributed by atoms with Crippen LogP contribution >= 0.6 is 0 Å². The highest BCUT2D eigenvalue weighted by atomic mass is 16.7. The summed E-state index contributed by atoms with van der Waals surface area (Å²) in [6.07, 6.45) is 7.36. The van der Waals surface area contributed by atoms with Crippen LogP contribution in [0.1, 0.15) is 24.5 Å².